The number of rotatable bonds is 4. The summed E-state index contributed by atoms with van der Waals surface area (Å²) >= 11 is 0. The van der Waals surface area contributed by atoms with Crippen molar-refractivity contribution in [2.45, 2.75) is 26.4 Å². The third-order valence-electron chi connectivity index (χ3n) is 2.69. The minimum atomic E-state index is 0.383. The van der Waals surface area contributed by atoms with Crippen molar-refractivity contribution in [3.05, 3.63) is 47.8 Å². The fourth-order valence-corrected chi connectivity index (χ4v) is 1.62. The van der Waals surface area contributed by atoms with E-state index in [-0.39, 0.29) is 0 Å². The molecule has 0 aliphatic heterocycles. The second kappa shape index (κ2) is 5.37. The first-order chi connectivity index (χ1) is 8.69. The normalized spacial score (nSPS) is 10.3. The van der Waals surface area contributed by atoms with E-state index < -0.39 is 0 Å². The Balaban J connectivity index is 1.96. The lowest BCUT2D eigenvalue weighted by atomic mass is 10.2. The molecule has 0 amide bonds. The average Bonchev–Trinajstić information content (AvgIpc) is 2.86. The van der Waals surface area contributed by atoms with E-state index in [1.165, 1.54) is 0 Å². The van der Waals surface area contributed by atoms with Crippen molar-refractivity contribution in [1.82, 2.24) is 9.78 Å². The van der Waals surface area contributed by atoms with E-state index in [9.17, 15) is 0 Å². The Morgan fingerprint density at radius 1 is 1.33 bits per heavy atom. The highest BCUT2D eigenvalue weighted by Gasteiger charge is 2.01. The maximum Gasteiger partial charge on any atom is 0.0991 e. The maximum absolute atomic E-state index is 8.71. The van der Waals surface area contributed by atoms with Crippen LogP contribution in [0.5, 0.6) is 0 Å². The Kier molecular flexibility index (Phi) is 3.63. The van der Waals surface area contributed by atoms with Crippen LogP contribution in [0.3, 0.4) is 0 Å². The predicted octanol–water partition coefficient (Wildman–Crippen LogP) is 2.95. The van der Waals surface area contributed by atoms with E-state index >= 15 is 0 Å². The molecule has 0 saturated heterocycles. The third-order valence-corrected chi connectivity index (χ3v) is 2.69. The number of benzene rings is 1. The van der Waals surface area contributed by atoms with E-state index in [4.69, 9.17) is 5.26 Å². The lowest BCUT2D eigenvalue weighted by Crippen LogP contribution is -2.01. The van der Waals surface area contributed by atoms with E-state index in [1.807, 2.05) is 29.2 Å². The Hall–Kier alpha value is -2.28. The maximum atomic E-state index is 8.71. The van der Waals surface area contributed by atoms with Gasteiger partial charge in [0.25, 0.3) is 0 Å². The molecule has 0 saturated carbocycles. The summed E-state index contributed by atoms with van der Waals surface area (Å²) in [5.41, 5.74) is 2.83. The van der Waals surface area contributed by atoms with Crippen molar-refractivity contribution in [2.75, 3.05) is 5.32 Å². The summed E-state index contributed by atoms with van der Waals surface area (Å²) in [4.78, 5) is 0. The first-order valence-electron chi connectivity index (χ1n) is 5.96. The minimum absolute atomic E-state index is 0.383. The summed E-state index contributed by atoms with van der Waals surface area (Å²) in [6.45, 7) is 4.94. The fraction of sp³-hybridized carbons (Fsp3) is 0.286. The molecule has 0 unspecified atom stereocenters. The Morgan fingerprint density at radius 3 is 2.61 bits per heavy atom. The monoisotopic (exact) mass is 240 g/mol. The molecule has 0 atom stereocenters. The van der Waals surface area contributed by atoms with Crippen molar-refractivity contribution < 1.29 is 0 Å². The van der Waals surface area contributed by atoms with Crippen molar-refractivity contribution in [2.24, 2.45) is 0 Å². The zero-order chi connectivity index (χ0) is 13.0. The number of aromatic nitrogens is 2. The predicted molar refractivity (Wildman–Crippen MR) is 71.1 cm³/mol. The van der Waals surface area contributed by atoms with Gasteiger partial charge in [-0.2, -0.15) is 10.4 Å². The Labute approximate surface area is 107 Å². The molecule has 1 aromatic heterocycles. The quantitative estimate of drug-likeness (QED) is 0.893. The largest absolute Gasteiger partial charge is 0.381 e. The second-order valence-electron chi connectivity index (χ2n) is 4.47. The Bertz CT molecular complexity index is 546. The molecular formula is C14H16N4. The van der Waals surface area contributed by atoms with E-state index in [2.05, 4.69) is 30.3 Å². The highest BCUT2D eigenvalue weighted by Crippen LogP contribution is 2.11. The zero-order valence-electron chi connectivity index (χ0n) is 10.6. The van der Waals surface area contributed by atoms with Gasteiger partial charge in [-0.15, -0.1) is 0 Å². The summed E-state index contributed by atoms with van der Waals surface area (Å²) in [5.74, 6) is 0. The molecule has 2 aromatic rings. The van der Waals surface area contributed by atoms with E-state index in [1.54, 1.807) is 12.1 Å². The summed E-state index contributed by atoms with van der Waals surface area (Å²) in [7, 11) is 0. The summed E-state index contributed by atoms with van der Waals surface area (Å²) in [6, 6.07) is 9.91. The van der Waals surface area contributed by atoms with Crippen LogP contribution in [0.2, 0.25) is 0 Å². The van der Waals surface area contributed by atoms with Crippen molar-refractivity contribution >= 4 is 5.69 Å². The molecule has 0 spiro atoms. The van der Waals surface area contributed by atoms with Crippen molar-refractivity contribution in [3.8, 4) is 6.07 Å². The van der Waals surface area contributed by atoms with Gasteiger partial charge < -0.3 is 5.32 Å². The van der Waals surface area contributed by atoms with Crippen LogP contribution in [-0.2, 0) is 6.54 Å². The molecule has 92 valence electrons. The summed E-state index contributed by atoms with van der Waals surface area (Å²) in [5, 5.41) is 16.3. The molecule has 2 rings (SSSR count). The molecule has 0 bridgehead atoms. The van der Waals surface area contributed by atoms with Gasteiger partial charge in [0, 0.05) is 30.0 Å². The van der Waals surface area contributed by atoms with Gasteiger partial charge in [0.2, 0.25) is 0 Å². The van der Waals surface area contributed by atoms with Crippen LogP contribution in [0.1, 0.15) is 31.0 Å². The molecule has 4 heteroatoms. The molecule has 1 aromatic carbocycles. The summed E-state index contributed by atoms with van der Waals surface area (Å²) < 4.78 is 1.94. The number of nitrogens with zero attached hydrogens (tertiary/aromatic N) is 3. The number of nitriles is 1. The fourth-order valence-electron chi connectivity index (χ4n) is 1.62. The number of anilines is 1. The van der Waals surface area contributed by atoms with E-state index in [0.717, 1.165) is 17.8 Å². The van der Waals surface area contributed by atoms with Gasteiger partial charge >= 0.3 is 0 Å². The molecule has 4 nitrogen and oxygen atoms in total. The van der Waals surface area contributed by atoms with Crippen LogP contribution in [0.25, 0.3) is 0 Å². The van der Waals surface area contributed by atoms with Crippen LogP contribution in [0.4, 0.5) is 5.69 Å². The van der Waals surface area contributed by atoms with Gasteiger partial charge in [-0.1, -0.05) is 0 Å². The van der Waals surface area contributed by atoms with Crippen molar-refractivity contribution in [1.29, 1.82) is 5.26 Å². The zero-order valence-corrected chi connectivity index (χ0v) is 10.6. The standard InChI is InChI=1S/C14H16N4/c1-11(2)18-10-13(9-17-18)8-16-14-5-3-12(7-15)4-6-14/h3-6,9-11,16H,8H2,1-2H3. The molecule has 1 heterocycles. The smallest absolute Gasteiger partial charge is 0.0991 e. The van der Waals surface area contributed by atoms with Crippen LogP contribution < -0.4 is 5.32 Å². The van der Waals surface area contributed by atoms with Crippen LogP contribution >= 0.6 is 0 Å². The Morgan fingerprint density at radius 2 is 2.06 bits per heavy atom. The van der Waals surface area contributed by atoms with Gasteiger partial charge in [0.15, 0.2) is 0 Å². The highest BCUT2D eigenvalue weighted by molar-refractivity contribution is 5.47. The van der Waals surface area contributed by atoms with E-state index in [0.29, 0.717) is 11.6 Å². The molecule has 18 heavy (non-hydrogen) atoms. The topological polar surface area (TPSA) is 53.6 Å². The van der Waals surface area contributed by atoms with Gasteiger partial charge in [-0.05, 0) is 38.1 Å². The van der Waals surface area contributed by atoms with Crippen molar-refractivity contribution in [3.63, 3.8) is 0 Å². The molecule has 0 radical (unpaired) electrons. The molecule has 0 fully saturated rings. The van der Waals surface area contributed by atoms with Crippen LogP contribution in [-0.4, -0.2) is 9.78 Å². The molecule has 1 N–H and O–H groups in total. The first-order valence-corrected chi connectivity index (χ1v) is 5.96. The minimum Gasteiger partial charge on any atom is -0.381 e. The number of hydrogen-bond acceptors (Lipinski definition) is 3. The molecular weight excluding hydrogens is 224 g/mol. The van der Waals surface area contributed by atoms with Crippen LogP contribution in [0.15, 0.2) is 36.7 Å². The first kappa shape index (κ1) is 12.2. The second-order valence-corrected chi connectivity index (χ2v) is 4.47. The van der Waals surface area contributed by atoms with Crippen LogP contribution in [0, 0.1) is 11.3 Å². The lowest BCUT2D eigenvalue weighted by molar-refractivity contribution is 0.532. The number of hydrogen-bond donors (Lipinski definition) is 1. The van der Waals surface area contributed by atoms with Gasteiger partial charge in [0.1, 0.15) is 0 Å². The highest BCUT2D eigenvalue weighted by atomic mass is 15.3. The summed E-state index contributed by atoms with van der Waals surface area (Å²) in [6.07, 6.45) is 3.91. The SMILES string of the molecule is CC(C)n1cc(CNc2ccc(C#N)cc2)cn1. The number of nitrogens with one attached hydrogen (secondary N) is 1. The lowest BCUT2D eigenvalue weighted by Gasteiger charge is -2.05. The van der Waals surface area contributed by atoms with Gasteiger partial charge in [-0.25, -0.2) is 0 Å². The molecule has 0 aliphatic rings. The third kappa shape index (κ3) is 2.89. The average molecular weight is 240 g/mol. The van der Waals surface area contributed by atoms with Gasteiger partial charge in [0.05, 0.1) is 17.8 Å². The van der Waals surface area contributed by atoms with Gasteiger partial charge in [-0.3, -0.25) is 4.68 Å². The molecule has 0 aliphatic carbocycles.